The summed E-state index contributed by atoms with van der Waals surface area (Å²) in [4.78, 5) is 27.8. The second-order valence-corrected chi connectivity index (χ2v) is 9.82. The van der Waals surface area contributed by atoms with Gasteiger partial charge < -0.3 is 15.0 Å². The number of rotatable bonds is 10. The van der Waals surface area contributed by atoms with Crippen LogP contribution in [0.25, 0.3) is 0 Å². The van der Waals surface area contributed by atoms with Crippen molar-refractivity contribution in [2.45, 2.75) is 71.1 Å². The molecule has 1 saturated heterocycles. The number of alkyl halides is 3. The van der Waals surface area contributed by atoms with Gasteiger partial charge in [0.1, 0.15) is 5.60 Å². The number of ketones is 1. The zero-order valence-corrected chi connectivity index (χ0v) is 20.3. The molecule has 3 rings (SSSR count). The monoisotopic (exact) mass is 480 g/mol. The molecule has 0 aromatic heterocycles. The average Bonchev–Trinajstić information content (AvgIpc) is 3.01. The van der Waals surface area contributed by atoms with Crippen LogP contribution in [0.4, 0.5) is 18.9 Å². The van der Waals surface area contributed by atoms with Crippen molar-refractivity contribution in [1.82, 2.24) is 4.90 Å². The Kier molecular flexibility index (Phi) is 8.44. The summed E-state index contributed by atoms with van der Waals surface area (Å²) >= 11 is 0. The van der Waals surface area contributed by atoms with E-state index in [0.717, 1.165) is 44.6 Å². The van der Waals surface area contributed by atoms with Gasteiger partial charge in [-0.3, -0.25) is 4.79 Å². The summed E-state index contributed by atoms with van der Waals surface area (Å²) in [5.41, 5.74) is -0.0306. The minimum Gasteiger partial charge on any atom is -0.451 e. The van der Waals surface area contributed by atoms with Crippen molar-refractivity contribution in [3.8, 4) is 0 Å². The zero-order valence-electron chi connectivity index (χ0n) is 20.3. The molecular formula is C26H35F3N2O3. The maximum atomic E-state index is 13.1. The van der Waals surface area contributed by atoms with E-state index in [1.807, 2.05) is 0 Å². The van der Waals surface area contributed by atoms with Crippen LogP contribution in [-0.4, -0.2) is 48.4 Å². The van der Waals surface area contributed by atoms with Crippen LogP contribution in [0.1, 0.15) is 64.9 Å². The van der Waals surface area contributed by atoms with Gasteiger partial charge in [0.2, 0.25) is 0 Å². The number of unbranched alkanes of at least 4 members (excludes halogenated alkanes) is 2. The van der Waals surface area contributed by atoms with E-state index in [2.05, 4.69) is 24.1 Å². The zero-order chi connectivity index (χ0) is 24.9. The average molecular weight is 481 g/mol. The van der Waals surface area contributed by atoms with Crippen molar-refractivity contribution in [1.29, 1.82) is 0 Å². The van der Waals surface area contributed by atoms with Gasteiger partial charge in [0.15, 0.2) is 5.78 Å². The van der Waals surface area contributed by atoms with Crippen LogP contribution >= 0.6 is 0 Å². The number of carbonyl (C=O) groups excluding carboxylic acids is 2. The maximum absolute atomic E-state index is 13.1. The highest BCUT2D eigenvalue weighted by Gasteiger charge is 2.50. The van der Waals surface area contributed by atoms with E-state index >= 15 is 0 Å². The molecular weight excluding hydrogens is 445 g/mol. The Morgan fingerprint density at radius 3 is 2.53 bits per heavy atom. The Balaban J connectivity index is 1.46. The molecule has 188 valence electrons. The molecule has 0 atom stereocenters. The number of nitrogens with one attached hydrogen (secondary N) is 1. The minimum atomic E-state index is -4.36. The summed E-state index contributed by atoms with van der Waals surface area (Å²) in [5, 5.41) is 3.01. The van der Waals surface area contributed by atoms with E-state index in [-0.39, 0.29) is 11.8 Å². The number of nitrogens with zero attached hydrogens (tertiary/aromatic N) is 1. The highest BCUT2D eigenvalue weighted by Crippen LogP contribution is 2.42. The largest absolute Gasteiger partial charge is 0.451 e. The first-order valence-corrected chi connectivity index (χ1v) is 12.1. The molecule has 0 unspecified atom stereocenters. The molecule has 1 spiro atoms. The normalized spacial score (nSPS) is 18.6. The van der Waals surface area contributed by atoms with E-state index in [1.165, 1.54) is 6.07 Å². The summed E-state index contributed by atoms with van der Waals surface area (Å²) < 4.78 is 44.2. The minimum absolute atomic E-state index is 0.0218. The lowest BCUT2D eigenvalue weighted by Crippen LogP contribution is -2.48. The van der Waals surface area contributed by atoms with Crippen molar-refractivity contribution in [3.05, 3.63) is 41.0 Å². The molecule has 8 heteroatoms. The molecule has 0 bridgehead atoms. The summed E-state index contributed by atoms with van der Waals surface area (Å²) in [6.45, 7) is 9.15. The fourth-order valence-corrected chi connectivity index (χ4v) is 4.93. The van der Waals surface area contributed by atoms with E-state index < -0.39 is 17.3 Å². The predicted molar refractivity (Wildman–Crippen MR) is 125 cm³/mol. The number of anilines is 1. The topological polar surface area (TPSA) is 58.6 Å². The van der Waals surface area contributed by atoms with E-state index in [0.29, 0.717) is 55.0 Å². The van der Waals surface area contributed by atoms with Crippen LogP contribution in [0.3, 0.4) is 0 Å². The van der Waals surface area contributed by atoms with Gasteiger partial charge in [0.25, 0.3) is 0 Å². The molecule has 2 aliphatic rings. The van der Waals surface area contributed by atoms with E-state index in [1.54, 1.807) is 13.0 Å². The first-order chi connectivity index (χ1) is 16.0. The molecule has 1 aromatic carbocycles. The van der Waals surface area contributed by atoms with Gasteiger partial charge in [-0.1, -0.05) is 26.3 Å². The van der Waals surface area contributed by atoms with Gasteiger partial charge in [0.05, 0.1) is 5.56 Å². The lowest BCUT2D eigenvalue weighted by molar-refractivity contribution is -0.151. The standard InChI is InChI=1S/C26H35F3N2O3/c1-18(2)17-31-14-11-25(12-15-31)23(19(3)24(33)34-25)22(32)10-5-4-6-13-30-21-9-7-8-20(16-21)26(27,28)29/h7-9,16,18,30H,4-6,10-15,17H2,1-3H3. The highest BCUT2D eigenvalue weighted by molar-refractivity contribution is 6.08. The quantitative estimate of drug-likeness (QED) is 0.348. The Bertz CT molecular complexity index is 916. The number of Topliss-reactive ketones (excluding diaryl/α,β-unsaturated/α-hetero) is 1. The van der Waals surface area contributed by atoms with Gasteiger partial charge in [-0.2, -0.15) is 13.2 Å². The molecule has 2 heterocycles. The van der Waals surface area contributed by atoms with Gasteiger partial charge in [-0.05, 0) is 43.9 Å². The fourth-order valence-electron chi connectivity index (χ4n) is 4.93. The third-order valence-electron chi connectivity index (χ3n) is 6.59. The van der Waals surface area contributed by atoms with Gasteiger partial charge >= 0.3 is 12.1 Å². The SMILES string of the molecule is CC1=C(C(=O)CCCCCNc2cccc(C(F)(F)F)c2)C2(CCN(CC(C)C)CC2)OC1=O. The maximum Gasteiger partial charge on any atom is 0.416 e. The van der Waals surface area contributed by atoms with Crippen LogP contribution in [-0.2, 0) is 20.5 Å². The molecule has 0 aliphatic carbocycles. The molecule has 2 aliphatic heterocycles. The number of ether oxygens (including phenoxy) is 1. The van der Waals surface area contributed by atoms with E-state index in [4.69, 9.17) is 4.74 Å². The summed E-state index contributed by atoms with van der Waals surface area (Å²) in [7, 11) is 0. The van der Waals surface area contributed by atoms with Gasteiger partial charge in [-0.15, -0.1) is 0 Å². The molecule has 1 aromatic rings. The smallest absolute Gasteiger partial charge is 0.416 e. The van der Waals surface area contributed by atoms with Crippen molar-refractivity contribution in [3.63, 3.8) is 0 Å². The Hall–Kier alpha value is -2.35. The lowest BCUT2D eigenvalue weighted by Gasteiger charge is -2.40. The Morgan fingerprint density at radius 1 is 1.18 bits per heavy atom. The third-order valence-corrected chi connectivity index (χ3v) is 6.59. The lowest BCUT2D eigenvalue weighted by atomic mass is 9.80. The van der Waals surface area contributed by atoms with Crippen molar-refractivity contribution in [2.75, 3.05) is 31.5 Å². The fraction of sp³-hybridized carbons (Fsp3) is 0.615. The van der Waals surface area contributed by atoms with Gasteiger partial charge in [0, 0.05) is 62.3 Å². The molecule has 0 saturated carbocycles. The predicted octanol–water partition coefficient (Wildman–Crippen LogP) is 5.61. The first kappa shape index (κ1) is 26.3. The Morgan fingerprint density at radius 2 is 1.88 bits per heavy atom. The van der Waals surface area contributed by atoms with Crippen molar-refractivity contribution in [2.24, 2.45) is 5.92 Å². The molecule has 1 fully saturated rings. The second-order valence-electron chi connectivity index (χ2n) is 9.82. The molecule has 0 amide bonds. The summed E-state index contributed by atoms with van der Waals surface area (Å²) in [5.74, 6) is 0.152. The number of halogens is 3. The van der Waals surface area contributed by atoms with Crippen molar-refractivity contribution < 1.29 is 27.5 Å². The number of piperidine rings is 1. The summed E-state index contributed by atoms with van der Waals surface area (Å²) in [6.07, 6.45) is -0.595. The number of hydrogen-bond acceptors (Lipinski definition) is 5. The van der Waals surface area contributed by atoms with Gasteiger partial charge in [-0.25, -0.2) is 4.79 Å². The van der Waals surface area contributed by atoms with Crippen LogP contribution in [0, 0.1) is 5.92 Å². The number of benzene rings is 1. The number of likely N-dealkylation sites (tertiary alicyclic amines) is 1. The Labute approximate surface area is 199 Å². The highest BCUT2D eigenvalue weighted by atomic mass is 19.4. The molecule has 1 N–H and O–H groups in total. The molecule has 5 nitrogen and oxygen atoms in total. The van der Waals surface area contributed by atoms with Crippen LogP contribution in [0.15, 0.2) is 35.4 Å². The molecule has 34 heavy (non-hydrogen) atoms. The second kappa shape index (κ2) is 10.9. The van der Waals surface area contributed by atoms with Crippen molar-refractivity contribution >= 4 is 17.4 Å². The van der Waals surface area contributed by atoms with Crippen LogP contribution < -0.4 is 5.32 Å². The molecule has 0 radical (unpaired) electrons. The number of carbonyl (C=O) groups is 2. The third kappa shape index (κ3) is 6.40. The van der Waals surface area contributed by atoms with E-state index in [9.17, 15) is 22.8 Å². The summed E-state index contributed by atoms with van der Waals surface area (Å²) in [6, 6.07) is 5.14. The first-order valence-electron chi connectivity index (χ1n) is 12.1. The number of esters is 1. The number of hydrogen-bond donors (Lipinski definition) is 1. The van der Waals surface area contributed by atoms with Crippen LogP contribution in [0.2, 0.25) is 0 Å². The van der Waals surface area contributed by atoms with Crippen LogP contribution in [0.5, 0.6) is 0 Å².